The average Bonchev–Trinajstić information content (AvgIpc) is 2.45. The summed E-state index contributed by atoms with van der Waals surface area (Å²) < 4.78 is 10.8. The number of methoxy groups -OCH3 is 1. The number of hydrogen-bond donors (Lipinski definition) is 2. The molecule has 1 aromatic carbocycles. The highest BCUT2D eigenvalue weighted by Gasteiger charge is 2.23. The number of fused-ring (bicyclic) bond motifs is 1. The number of nitrogens with two attached hydrogens (primary N) is 1. The van der Waals surface area contributed by atoms with E-state index < -0.39 is 5.54 Å². The lowest BCUT2D eigenvalue weighted by Crippen LogP contribution is -2.49. The maximum Gasteiger partial charge on any atom is 0.251 e. The quantitative estimate of drug-likeness (QED) is 0.870. The Balaban J connectivity index is 2.22. The van der Waals surface area contributed by atoms with Crippen LogP contribution in [0.25, 0.3) is 6.08 Å². The van der Waals surface area contributed by atoms with Gasteiger partial charge in [0.2, 0.25) is 0 Å². The first-order valence-corrected chi connectivity index (χ1v) is 6.49. The van der Waals surface area contributed by atoms with Crippen LogP contribution in [0, 0.1) is 0 Å². The molecule has 0 unspecified atom stereocenters. The normalized spacial score (nSPS) is 13.9. The van der Waals surface area contributed by atoms with Crippen molar-refractivity contribution in [3.63, 3.8) is 0 Å². The van der Waals surface area contributed by atoms with Gasteiger partial charge in [-0.1, -0.05) is 0 Å². The highest BCUT2D eigenvalue weighted by molar-refractivity contribution is 5.99. The Labute approximate surface area is 118 Å². The van der Waals surface area contributed by atoms with Crippen LogP contribution in [-0.4, -0.2) is 31.7 Å². The number of nitrogens with one attached hydrogen (secondary N) is 1. The third-order valence-electron chi connectivity index (χ3n) is 3.18. The Kier molecular flexibility index (Phi) is 3.99. The summed E-state index contributed by atoms with van der Waals surface area (Å²) >= 11 is 0. The lowest BCUT2D eigenvalue weighted by atomic mass is 10.0. The fraction of sp³-hybridized carbons (Fsp3) is 0.400. The molecule has 1 aliphatic heterocycles. The van der Waals surface area contributed by atoms with E-state index in [4.69, 9.17) is 15.2 Å². The van der Waals surface area contributed by atoms with Crippen molar-refractivity contribution in [3.05, 3.63) is 29.3 Å². The lowest BCUT2D eigenvalue weighted by molar-refractivity contribution is -0.119. The van der Waals surface area contributed by atoms with Crippen LogP contribution < -0.4 is 20.5 Å². The summed E-state index contributed by atoms with van der Waals surface area (Å²) in [5, 5.41) is 2.89. The summed E-state index contributed by atoms with van der Waals surface area (Å²) in [6.45, 7) is 4.39. The third-order valence-corrected chi connectivity index (χ3v) is 3.18. The second kappa shape index (κ2) is 5.54. The van der Waals surface area contributed by atoms with Crippen LogP contribution in [-0.2, 0) is 4.79 Å². The molecule has 5 nitrogen and oxygen atoms in total. The monoisotopic (exact) mass is 276 g/mol. The summed E-state index contributed by atoms with van der Waals surface area (Å²) in [6, 6.07) is 5.51. The number of rotatable bonds is 4. The molecule has 20 heavy (non-hydrogen) atoms. The molecule has 1 aromatic rings. The van der Waals surface area contributed by atoms with E-state index >= 15 is 0 Å². The van der Waals surface area contributed by atoms with Crippen molar-refractivity contribution < 1.29 is 14.3 Å². The zero-order valence-corrected chi connectivity index (χ0v) is 12.0. The molecular formula is C15H20N2O3. The standard InChI is InChI=1S/C15H20N2O3/c1-15(2,9-16)17-14(18)11-6-10-7-12(19-3)4-5-13(10)20-8-11/h4-7H,8-9,16H2,1-3H3,(H,17,18). The van der Waals surface area contributed by atoms with Gasteiger partial charge < -0.3 is 20.5 Å². The maximum absolute atomic E-state index is 12.2. The Morgan fingerprint density at radius 1 is 1.50 bits per heavy atom. The molecule has 1 heterocycles. The van der Waals surface area contributed by atoms with Gasteiger partial charge in [0.05, 0.1) is 12.7 Å². The summed E-state index contributed by atoms with van der Waals surface area (Å²) in [7, 11) is 1.60. The van der Waals surface area contributed by atoms with Crippen molar-refractivity contribution in [1.29, 1.82) is 0 Å². The van der Waals surface area contributed by atoms with E-state index in [0.717, 1.165) is 17.1 Å². The first-order valence-electron chi connectivity index (χ1n) is 6.49. The first kappa shape index (κ1) is 14.4. The molecule has 0 saturated heterocycles. The molecule has 0 bridgehead atoms. The summed E-state index contributed by atoms with van der Waals surface area (Å²) in [5.41, 5.74) is 6.59. The minimum atomic E-state index is -0.438. The van der Waals surface area contributed by atoms with Crippen molar-refractivity contribution in [2.24, 2.45) is 5.73 Å². The van der Waals surface area contributed by atoms with Gasteiger partial charge in [-0.2, -0.15) is 0 Å². The fourth-order valence-corrected chi connectivity index (χ4v) is 1.85. The molecule has 1 aliphatic rings. The van der Waals surface area contributed by atoms with Crippen molar-refractivity contribution in [3.8, 4) is 11.5 Å². The van der Waals surface area contributed by atoms with E-state index in [1.54, 1.807) is 7.11 Å². The average molecular weight is 276 g/mol. The lowest BCUT2D eigenvalue weighted by Gasteiger charge is -2.26. The number of hydrogen-bond acceptors (Lipinski definition) is 4. The molecular weight excluding hydrogens is 256 g/mol. The Morgan fingerprint density at radius 3 is 2.90 bits per heavy atom. The number of amides is 1. The summed E-state index contributed by atoms with van der Waals surface area (Å²) in [5.74, 6) is 1.32. The van der Waals surface area contributed by atoms with E-state index in [2.05, 4.69) is 5.32 Å². The Morgan fingerprint density at radius 2 is 2.25 bits per heavy atom. The minimum Gasteiger partial charge on any atom is -0.497 e. The number of carbonyl (C=O) groups is 1. The molecule has 0 fully saturated rings. The number of carbonyl (C=O) groups excluding carboxylic acids is 1. The number of benzene rings is 1. The highest BCUT2D eigenvalue weighted by Crippen LogP contribution is 2.30. The van der Waals surface area contributed by atoms with Crippen molar-refractivity contribution in [1.82, 2.24) is 5.32 Å². The van der Waals surface area contributed by atoms with E-state index in [1.807, 2.05) is 38.1 Å². The highest BCUT2D eigenvalue weighted by atomic mass is 16.5. The van der Waals surface area contributed by atoms with Gasteiger partial charge in [-0.05, 0) is 38.1 Å². The molecule has 108 valence electrons. The molecule has 3 N–H and O–H groups in total. The molecule has 2 rings (SSSR count). The van der Waals surface area contributed by atoms with Crippen LogP contribution >= 0.6 is 0 Å². The van der Waals surface area contributed by atoms with Gasteiger partial charge in [-0.15, -0.1) is 0 Å². The molecule has 1 amide bonds. The predicted molar refractivity (Wildman–Crippen MR) is 77.7 cm³/mol. The SMILES string of the molecule is COc1ccc2c(c1)C=C(C(=O)NC(C)(C)CN)CO2. The third kappa shape index (κ3) is 3.11. The molecule has 0 spiro atoms. The number of ether oxygens (including phenoxy) is 2. The zero-order chi connectivity index (χ0) is 14.8. The van der Waals surface area contributed by atoms with E-state index in [1.165, 1.54) is 0 Å². The Hall–Kier alpha value is -2.01. The topological polar surface area (TPSA) is 73.6 Å². The molecule has 0 aliphatic carbocycles. The van der Waals surface area contributed by atoms with Gasteiger partial charge >= 0.3 is 0 Å². The van der Waals surface area contributed by atoms with Gasteiger partial charge in [0, 0.05) is 17.6 Å². The molecule has 0 saturated carbocycles. The van der Waals surface area contributed by atoms with Crippen LogP contribution in [0.4, 0.5) is 0 Å². The van der Waals surface area contributed by atoms with Crippen molar-refractivity contribution >= 4 is 12.0 Å². The predicted octanol–water partition coefficient (Wildman–Crippen LogP) is 1.32. The largest absolute Gasteiger partial charge is 0.497 e. The summed E-state index contributed by atoms with van der Waals surface area (Å²) in [6.07, 6.45) is 1.82. The first-order chi connectivity index (χ1) is 9.45. The van der Waals surface area contributed by atoms with Gasteiger partial charge in [0.1, 0.15) is 18.1 Å². The van der Waals surface area contributed by atoms with E-state index in [9.17, 15) is 4.79 Å². The van der Waals surface area contributed by atoms with Gasteiger partial charge in [0.15, 0.2) is 0 Å². The molecule has 5 heteroatoms. The molecule has 0 aromatic heterocycles. The van der Waals surface area contributed by atoms with Crippen LogP contribution in [0.2, 0.25) is 0 Å². The summed E-state index contributed by atoms with van der Waals surface area (Å²) in [4.78, 5) is 12.2. The van der Waals surface area contributed by atoms with Crippen LogP contribution in [0.15, 0.2) is 23.8 Å². The van der Waals surface area contributed by atoms with Crippen molar-refractivity contribution in [2.75, 3.05) is 20.3 Å². The van der Waals surface area contributed by atoms with E-state index in [-0.39, 0.29) is 12.5 Å². The van der Waals surface area contributed by atoms with Crippen LogP contribution in [0.1, 0.15) is 19.4 Å². The molecule has 0 radical (unpaired) electrons. The van der Waals surface area contributed by atoms with Gasteiger partial charge in [0.25, 0.3) is 5.91 Å². The minimum absolute atomic E-state index is 0.158. The zero-order valence-electron chi connectivity index (χ0n) is 12.0. The maximum atomic E-state index is 12.2. The Bertz CT molecular complexity index is 550. The fourth-order valence-electron chi connectivity index (χ4n) is 1.85. The van der Waals surface area contributed by atoms with Crippen molar-refractivity contribution in [2.45, 2.75) is 19.4 Å². The second-order valence-electron chi connectivity index (χ2n) is 5.40. The second-order valence-corrected chi connectivity index (χ2v) is 5.40. The van der Waals surface area contributed by atoms with Crippen LogP contribution in [0.5, 0.6) is 11.5 Å². The van der Waals surface area contributed by atoms with E-state index in [0.29, 0.717) is 12.1 Å². The smallest absolute Gasteiger partial charge is 0.251 e. The molecule has 0 atom stereocenters. The van der Waals surface area contributed by atoms with Gasteiger partial charge in [-0.25, -0.2) is 0 Å². The van der Waals surface area contributed by atoms with Gasteiger partial charge in [-0.3, -0.25) is 4.79 Å². The van der Waals surface area contributed by atoms with Crippen LogP contribution in [0.3, 0.4) is 0 Å².